The first kappa shape index (κ1) is 14.4. The highest BCUT2D eigenvalue weighted by Crippen LogP contribution is 2.35. The molecule has 0 bridgehead atoms. The maximum atomic E-state index is 12.0. The Hall–Kier alpha value is -1.03. The van der Waals surface area contributed by atoms with E-state index in [1.165, 1.54) is 0 Å². The topological polar surface area (TPSA) is 38.3 Å². The van der Waals surface area contributed by atoms with Crippen LogP contribution in [0.15, 0.2) is 18.2 Å². The number of benzene rings is 1. The normalized spacial score (nSPS) is 17.7. The van der Waals surface area contributed by atoms with Gasteiger partial charge in [0.25, 0.3) is 5.91 Å². The van der Waals surface area contributed by atoms with Gasteiger partial charge in [0, 0.05) is 4.83 Å². The number of amides is 1. The average Bonchev–Trinajstić information content (AvgIpc) is 2.60. The van der Waals surface area contributed by atoms with E-state index >= 15 is 0 Å². The molecule has 0 fully saturated rings. The molecule has 0 spiro atoms. The molecule has 0 radical (unpaired) electrons. The largest absolute Gasteiger partial charge is 0.491 e. The fourth-order valence-electron chi connectivity index (χ4n) is 2.37. The smallest absolute Gasteiger partial charge is 0.255 e. The zero-order valence-electron chi connectivity index (χ0n) is 11.4. The van der Waals surface area contributed by atoms with Crippen LogP contribution in [0.4, 0.5) is 0 Å². The number of carbonyl (C=O) groups is 1. The summed E-state index contributed by atoms with van der Waals surface area (Å²) >= 11 is 3.75. The molecule has 104 valence electrons. The second kappa shape index (κ2) is 6.42. The van der Waals surface area contributed by atoms with E-state index in [0.717, 1.165) is 18.4 Å². The van der Waals surface area contributed by atoms with Crippen molar-refractivity contribution in [1.82, 2.24) is 5.32 Å². The van der Waals surface area contributed by atoms with E-state index in [2.05, 4.69) is 35.1 Å². The zero-order chi connectivity index (χ0) is 13.8. The maximum Gasteiger partial charge on any atom is 0.255 e. The van der Waals surface area contributed by atoms with Gasteiger partial charge in [-0.3, -0.25) is 4.79 Å². The van der Waals surface area contributed by atoms with E-state index in [1.807, 2.05) is 18.2 Å². The van der Waals surface area contributed by atoms with Crippen molar-refractivity contribution in [2.24, 2.45) is 5.92 Å². The number of hydrogen-bond donors (Lipinski definition) is 1. The van der Waals surface area contributed by atoms with E-state index in [4.69, 9.17) is 4.74 Å². The number of halogens is 1. The molecule has 2 atom stereocenters. The lowest BCUT2D eigenvalue weighted by molar-refractivity contribution is 0.0957. The second-order valence-electron chi connectivity index (χ2n) is 5.03. The summed E-state index contributed by atoms with van der Waals surface area (Å²) in [6.45, 7) is 5.51. The van der Waals surface area contributed by atoms with Gasteiger partial charge in [0.2, 0.25) is 0 Å². The van der Waals surface area contributed by atoms with Gasteiger partial charge in [-0.1, -0.05) is 42.3 Å². The highest BCUT2D eigenvalue weighted by Gasteiger charge is 2.21. The minimum Gasteiger partial charge on any atom is -0.491 e. The molecule has 19 heavy (non-hydrogen) atoms. The van der Waals surface area contributed by atoms with Gasteiger partial charge < -0.3 is 10.1 Å². The zero-order valence-corrected chi connectivity index (χ0v) is 13.0. The van der Waals surface area contributed by atoms with E-state index < -0.39 is 0 Å². The Morgan fingerprint density at radius 1 is 1.47 bits per heavy atom. The lowest BCUT2D eigenvalue weighted by Gasteiger charge is -2.19. The first-order valence-electron chi connectivity index (χ1n) is 6.82. The van der Waals surface area contributed by atoms with E-state index in [9.17, 15) is 4.79 Å². The minimum absolute atomic E-state index is 0.0443. The third-order valence-corrected chi connectivity index (χ3v) is 4.89. The lowest BCUT2D eigenvalue weighted by atomic mass is 9.95. The number of fused-ring (bicyclic) bond motifs is 1. The summed E-state index contributed by atoms with van der Waals surface area (Å²) in [5, 5.41) is 2.84. The molecule has 1 N–H and O–H groups in total. The van der Waals surface area contributed by atoms with Crippen LogP contribution >= 0.6 is 15.9 Å². The molecular formula is C15H20BrNO2. The van der Waals surface area contributed by atoms with Crippen LogP contribution < -0.4 is 10.1 Å². The van der Waals surface area contributed by atoms with E-state index in [0.29, 0.717) is 30.4 Å². The number of alkyl halides is 1. The van der Waals surface area contributed by atoms with Crippen molar-refractivity contribution in [2.45, 2.75) is 31.5 Å². The molecule has 0 saturated heterocycles. The van der Waals surface area contributed by atoms with Gasteiger partial charge in [0.1, 0.15) is 12.4 Å². The van der Waals surface area contributed by atoms with Crippen LogP contribution in [-0.2, 0) is 0 Å². The van der Waals surface area contributed by atoms with Gasteiger partial charge in [-0.05, 0) is 30.0 Å². The third kappa shape index (κ3) is 3.30. The highest BCUT2D eigenvalue weighted by atomic mass is 79.9. The first-order chi connectivity index (χ1) is 9.13. The summed E-state index contributed by atoms with van der Waals surface area (Å²) in [6, 6.07) is 5.90. The molecular weight excluding hydrogens is 306 g/mol. The van der Waals surface area contributed by atoms with Crippen LogP contribution in [0.2, 0.25) is 0 Å². The van der Waals surface area contributed by atoms with Crippen LogP contribution in [0.25, 0.3) is 0 Å². The number of ether oxygens (including phenoxy) is 1. The number of nitrogens with one attached hydrogen (secondary N) is 1. The van der Waals surface area contributed by atoms with Crippen molar-refractivity contribution < 1.29 is 9.53 Å². The fourth-order valence-corrected chi connectivity index (χ4v) is 2.92. The summed E-state index contributed by atoms with van der Waals surface area (Å²) < 4.78 is 5.56. The molecule has 1 aliphatic heterocycles. The summed E-state index contributed by atoms with van der Waals surface area (Å²) in [5.41, 5.74) is 1.78. The van der Waals surface area contributed by atoms with Crippen LogP contribution in [0.5, 0.6) is 5.75 Å². The molecule has 1 aromatic rings. The predicted octanol–water partition coefficient (Wildman–Crippen LogP) is 3.68. The maximum absolute atomic E-state index is 12.0. The third-order valence-electron chi connectivity index (χ3n) is 3.46. The van der Waals surface area contributed by atoms with Gasteiger partial charge in [-0.25, -0.2) is 0 Å². The van der Waals surface area contributed by atoms with Crippen LogP contribution in [0.3, 0.4) is 0 Å². The Bertz CT molecular complexity index is 461. The van der Waals surface area contributed by atoms with Gasteiger partial charge in [-0.15, -0.1) is 0 Å². The molecule has 2 unspecified atom stereocenters. The van der Waals surface area contributed by atoms with Crippen molar-refractivity contribution in [3.05, 3.63) is 29.3 Å². The molecule has 3 nitrogen and oxygen atoms in total. The van der Waals surface area contributed by atoms with Crippen LogP contribution in [0, 0.1) is 5.92 Å². The Morgan fingerprint density at radius 3 is 3.00 bits per heavy atom. The van der Waals surface area contributed by atoms with E-state index in [-0.39, 0.29) is 10.7 Å². The minimum atomic E-state index is -0.0443. The van der Waals surface area contributed by atoms with Crippen LogP contribution in [-0.4, -0.2) is 19.1 Å². The standard InChI is InChI=1S/C15H20BrNO2/c1-3-4-10(2)14(16)11-5-6-13-12(9-11)15(18)17-7-8-19-13/h5-6,9-10,14H,3-4,7-8H2,1-2H3,(H,17,18). The lowest BCUT2D eigenvalue weighted by Crippen LogP contribution is -2.24. The van der Waals surface area contributed by atoms with Crippen molar-refractivity contribution in [1.29, 1.82) is 0 Å². The van der Waals surface area contributed by atoms with Gasteiger partial charge in [0.15, 0.2) is 0 Å². The summed E-state index contributed by atoms with van der Waals surface area (Å²) in [6.07, 6.45) is 2.33. The summed E-state index contributed by atoms with van der Waals surface area (Å²) in [7, 11) is 0. The number of carbonyl (C=O) groups excluding carboxylic acids is 1. The molecule has 0 aliphatic carbocycles. The highest BCUT2D eigenvalue weighted by molar-refractivity contribution is 9.09. The molecule has 4 heteroatoms. The monoisotopic (exact) mass is 325 g/mol. The first-order valence-corrected chi connectivity index (χ1v) is 7.74. The Kier molecular flexibility index (Phi) is 4.86. The fraction of sp³-hybridized carbons (Fsp3) is 0.533. The Balaban J connectivity index is 2.26. The van der Waals surface area contributed by atoms with E-state index in [1.54, 1.807) is 0 Å². The average molecular weight is 326 g/mol. The molecule has 0 saturated carbocycles. The Morgan fingerprint density at radius 2 is 2.26 bits per heavy atom. The summed E-state index contributed by atoms with van der Waals surface area (Å²) in [4.78, 5) is 12.2. The van der Waals surface area contributed by atoms with Crippen molar-refractivity contribution in [3.63, 3.8) is 0 Å². The van der Waals surface area contributed by atoms with Crippen molar-refractivity contribution in [2.75, 3.05) is 13.2 Å². The number of hydrogen-bond acceptors (Lipinski definition) is 2. The Labute approximate surface area is 122 Å². The molecule has 1 aromatic carbocycles. The molecule has 2 rings (SSSR count). The van der Waals surface area contributed by atoms with Crippen LogP contribution in [0.1, 0.15) is 47.4 Å². The summed E-state index contributed by atoms with van der Waals surface area (Å²) in [5.74, 6) is 1.18. The van der Waals surface area contributed by atoms with Gasteiger partial charge in [0.05, 0.1) is 12.1 Å². The number of rotatable bonds is 4. The molecule has 0 aromatic heterocycles. The quantitative estimate of drug-likeness (QED) is 0.857. The van der Waals surface area contributed by atoms with Crippen molar-refractivity contribution in [3.8, 4) is 5.75 Å². The van der Waals surface area contributed by atoms with Gasteiger partial charge in [-0.2, -0.15) is 0 Å². The van der Waals surface area contributed by atoms with Crippen molar-refractivity contribution >= 4 is 21.8 Å². The molecule has 1 aliphatic rings. The second-order valence-corrected chi connectivity index (χ2v) is 6.01. The van der Waals surface area contributed by atoms with Gasteiger partial charge >= 0.3 is 0 Å². The predicted molar refractivity (Wildman–Crippen MR) is 80.0 cm³/mol. The molecule has 1 heterocycles. The SMILES string of the molecule is CCCC(C)C(Br)c1ccc2c(c1)C(=O)NCCO2. The molecule has 1 amide bonds.